The number of likely N-dealkylation sites (tertiary alicyclic amines) is 1. The lowest BCUT2D eigenvalue weighted by atomic mass is 9.51. The van der Waals surface area contributed by atoms with Gasteiger partial charge in [0, 0.05) is 22.9 Å². The molecule has 0 amide bonds. The van der Waals surface area contributed by atoms with Crippen LogP contribution in [0.15, 0.2) is 24.3 Å². The van der Waals surface area contributed by atoms with Gasteiger partial charge >= 0.3 is 0 Å². The molecule has 4 aliphatic rings. The van der Waals surface area contributed by atoms with Crippen molar-refractivity contribution in [3.05, 3.63) is 35.4 Å². The highest BCUT2D eigenvalue weighted by Crippen LogP contribution is 2.64. The van der Waals surface area contributed by atoms with Crippen molar-refractivity contribution >= 4 is 0 Å². The highest BCUT2D eigenvalue weighted by atomic mass is 16.5. The molecule has 206 valence electrons. The Bertz CT molecular complexity index is 944. The van der Waals surface area contributed by atoms with Gasteiger partial charge in [0.2, 0.25) is 0 Å². The standard InChI is InChI=1S/C33H51NO3/c1-3-4-5-6-7-8-9-10-11-12-13-14-15-16-20-32(36)21-19-26-27-24-25-17-18-28(35)30-29(25)33(26,31(32)37-30)22-23-34(27)2/h17-19,21,26-27,31,35-36H,3-16,20,22-24H2,1-2H3/t26-,27+,31-,32+,33-/m0/s1. The average molecular weight is 510 g/mol. The van der Waals surface area contributed by atoms with Crippen LogP contribution in [0.5, 0.6) is 11.5 Å². The molecule has 4 heteroatoms. The minimum absolute atomic E-state index is 0.210. The van der Waals surface area contributed by atoms with Crippen LogP contribution in [0, 0.1) is 5.92 Å². The smallest absolute Gasteiger partial charge is 0.165 e. The number of hydrogen-bond donors (Lipinski definition) is 2. The third kappa shape index (κ3) is 5.10. The van der Waals surface area contributed by atoms with Gasteiger partial charge in [-0.15, -0.1) is 0 Å². The summed E-state index contributed by atoms with van der Waals surface area (Å²) < 4.78 is 6.56. The fraction of sp³-hybridized carbons (Fsp3) is 0.758. The van der Waals surface area contributed by atoms with E-state index in [1.54, 1.807) is 6.07 Å². The molecule has 0 radical (unpaired) electrons. The Morgan fingerprint density at radius 2 is 1.54 bits per heavy atom. The van der Waals surface area contributed by atoms with E-state index < -0.39 is 5.60 Å². The van der Waals surface area contributed by atoms with Crippen molar-refractivity contribution in [2.45, 2.75) is 139 Å². The summed E-state index contributed by atoms with van der Waals surface area (Å²) in [5.74, 6) is 1.22. The highest BCUT2D eigenvalue weighted by Gasteiger charge is 2.67. The number of likely N-dealkylation sites (N-methyl/N-ethyl adjacent to an activating group) is 1. The van der Waals surface area contributed by atoms with Gasteiger partial charge in [-0.05, 0) is 44.5 Å². The van der Waals surface area contributed by atoms with E-state index in [2.05, 4.69) is 37.1 Å². The minimum atomic E-state index is -0.964. The SMILES string of the molecule is CCCCCCCCCCCCCCCC[C@@]1(O)C=C[C@H]2[C@H]3Cc4ccc(O)c5c4[C@@]2(CCN3C)[C@H]1O5. The number of nitrogens with zero attached hydrogens (tertiary/aromatic N) is 1. The summed E-state index contributed by atoms with van der Waals surface area (Å²) in [6, 6.07) is 4.32. The van der Waals surface area contributed by atoms with Gasteiger partial charge in [-0.2, -0.15) is 0 Å². The van der Waals surface area contributed by atoms with E-state index in [1.807, 2.05) is 0 Å². The Morgan fingerprint density at radius 3 is 2.19 bits per heavy atom. The van der Waals surface area contributed by atoms with Crippen molar-refractivity contribution in [3.63, 3.8) is 0 Å². The number of benzene rings is 1. The zero-order valence-corrected chi connectivity index (χ0v) is 23.5. The van der Waals surface area contributed by atoms with E-state index in [9.17, 15) is 10.2 Å². The first-order valence-corrected chi connectivity index (χ1v) is 15.7. The summed E-state index contributed by atoms with van der Waals surface area (Å²) in [7, 11) is 2.23. The van der Waals surface area contributed by atoms with Gasteiger partial charge in [-0.3, -0.25) is 0 Å². The molecule has 0 saturated carbocycles. The molecule has 1 aromatic carbocycles. The summed E-state index contributed by atoms with van der Waals surface area (Å²) >= 11 is 0. The van der Waals surface area contributed by atoms with Gasteiger partial charge in [-0.25, -0.2) is 0 Å². The number of rotatable bonds is 15. The number of unbranched alkanes of at least 4 members (excludes halogenated alkanes) is 13. The summed E-state index contributed by atoms with van der Waals surface area (Å²) in [6.45, 7) is 3.30. The Kier molecular flexibility index (Phi) is 8.56. The second kappa shape index (κ2) is 11.7. The van der Waals surface area contributed by atoms with Crippen LogP contribution in [0.1, 0.15) is 121 Å². The average Bonchev–Trinajstić information content (AvgIpc) is 3.26. The number of aromatic hydroxyl groups is 1. The number of phenols is 1. The topological polar surface area (TPSA) is 52.9 Å². The highest BCUT2D eigenvalue weighted by molar-refractivity contribution is 5.62. The minimum Gasteiger partial charge on any atom is -0.504 e. The molecule has 2 N–H and O–H groups in total. The van der Waals surface area contributed by atoms with Crippen LogP contribution in [0.25, 0.3) is 0 Å². The number of hydrogen-bond acceptors (Lipinski definition) is 4. The van der Waals surface area contributed by atoms with Crippen LogP contribution in [-0.2, 0) is 11.8 Å². The van der Waals surface area contributed by atoms with E-state index >= 15 is 0 Å². The van der Waals surface area contributed by atoms with Crippen LogP contribution < -0.4 is 4.74 Å². The van der Waals surface area contributed by atoms with Gasteiger partial charge in [0.1, 0.15) is 11.7 Å². The second-order valence-electron chi connectivity index (χ2n) is 12.7. The van der Waals surface area contributed by atoms with Crippen molar-refractivity contribution in [3.8, 4) is 11.5 Å². The molecule has 4 nitrogen and oxygen atoms in total. The van der Waals surface area contributed by atoms with Gasteiger partial charge in [0.25, 0.3) is 0 Å². The molecule has 0 aromatic heterocycles. The molecule has 0 unspecified atom stereocenters. The Hall–Kier alpha value is -1.52. The summed E-state index contributed by atoms with van der Waals surface area (Å²) in [4.78, 5) is 2.49. The molecule has 2 aliphatic heterocycles. The maximum absolute atomic E-state index is 12.0. The maximum atomic E-state index is 12.0. The molecule has 37 heavy (non-hydrogen) atoms. The third-order valence-electron chi connectivity index (χ3n) is 10.3. The van der Waals surface area contributed by atoms with Gasteiger partial charge < -0.3 is 19.8 Å². The fourth-order valence-corrected chi connectivity index (χ4v) is 8.21. The monoisotopic (exact) mass is 509 g/mol. The molecular weight excluding hydrogens is 458 g/mol. The largest absolute Gasteiger partial charge is 0.504 e. The first-order chi connectivity index (χ1) is 18.0. The van der Waals surface area contributed by atoms with Crippen molar-refractivity contribution in [1.29, 1.82) is 0 Å². The second-order valence-corrected chi connectivity index (χ2v) is 12.7. The normalized spacial score (nSPS) is 31.4. The molecule has 2 bridgehead atoms. The predicted octanol–water partition coefficient (Wildman–Crippen LogP) is 7.44. The molecule has 1 spiro atoms. The lowest BCUT2D eigenvalue weighted by Gasteiger charge is -2.58. The Morgan fingerprint density at radius 1 is 0.919 bits per heavy atom. The van der Waals surface area contributed by atoms with Gasteiger partial charge in [-0.1, -0.05) is 115 Å². The van der Waals surface area contributed by atoms with Crippen LogP contribution >= 0.6 is 0 Å². The summed E-state index contributed by atoms with van der Waals surface area (Å²) in [5, 5.41) is 22.7. The fourth-order valence-electron chi connectivity index (χ4n) is 8.21. The van der Waals surface area contributed by atoms with Crippen molar-refractivity contribution in [1.82, 2.24) is 4.90 Å². The van der Waals surface area contributed by atoms with Crippen LogP contribution in [-0.4, -0.2) is 46.5 Å². The van der Waals surface area contributed by atoms with Crippen molar-refractivity contribution in [2.75, 3.05) is 13.6 Å². The first kappa shape index (κ1) is 27.1. The number of ether oxygens (including phenoxy) is 1. The zero-order chi connectivity index (χ0) is 25.9. The van der Waals surface area contributed by atoms with E-state index in [-0.39, 0.29) is 17.3 Å². The lowest BCUT2D eigenvalue weighted by molar-refractivity contribution is -0.102. The number of phenolic OH excluding ortho intramolecular Hbond substituents is 1. The molecule has 2 aliphatic carbocycles. The van der Waals surface area contributed by atoms with E-state index in [1.165, 1.54) is 94.6 Å². The molecule has 5 atom stereocenters. The molecule has 1 saturated heterocycles. The quantitative estimate of drug-likeness (QED) is 0.191. The predicted molar refractivity (Wildman–Crippen MR) is 151 cm³/mol. The van der Waals surface area contributed by atoms with Crippen molar-refractivity contribution < 1.29 is 14.9 Å². The van der Waals surface area contributed by atoms with Crippen LogP contribution in [0.2, 0.25) is 0 Å². The Labute approximate surface area is 225 Å². The third-order valence-corrected chi connectivity index (χ3v) is 10.3. The molecular formula is C33H51NO3. The first-order valence-electron chi connectivity index (χ1n) is 15.7. The van der Waals surface area contributed by atoms with Crippen LogP contribution in [0.3, 0.4) is 0 Å². The summed E-state index contributed by atoms with van der Waals surface area (Å²) in [6.07, 6.45) is 25.5. The molecule has 1 aromatic rings. The van der Waals surface area contributed by atoms with Crippen LogP contribution in [0.4, 0.5) is 0 Å². The number of aliphatic hydroxyl groups is 1. The van der Waals surface area contributed by atoms with Gasteiger partial charge in [0.05, 0.1) is 0 Å². The maximum Gasteiger partial charge on any atom is 0.165 e. The molecule has 1 fully saturated rings. The lowest BCUT2D eigenvalue weighted by Crippen LogP contribution is -2.67. The van der Waals surface area contributed by atoms with Gasteiger partial charge in [0.15, 0.2) is 11.5 Å². The van der Waals surface area contributed by atoms with Crippen molar-refractivity contribution in [2.24, 2.45) is 5.92 Å². The number of piperidine rings is 1. The summed E-state index contributed by atoms with van der Waals surface area (Å²) in [5.41, 5.74) is 1.33. The van der Waals surface area contributed by atoms with E-state index in [0.717, 1.165) is 32.2 Å². The van der Waals surface area contributed by atoms with E-state index in [4.69, 9.17) is 4.74 Å². The molecule has 5 rings (SSSR count). The molecule has 2 heterocycles. The zero-order valence-electron chi connectivity index (χ0n) is 23.5. The Balaban J connectivity index is 1.10. The van der Waals surface area contributed by atoms with E-state index in [0.29, 0.717) is 17.7 Å².